The summed E-state index contributed by atoms with van der Waals surface area (Å²) in [5.41, 5.74) is -1.01. The highest BCUT2D eigenvalue weighted by Gasteiger charge is 2.25. The molecule has 2 aromatic heterocycles. The summed E-state index contributed by atoms with van der Waals surface area (Å²) in [7, 11) is 0. The lowest BCUT2D eigenvalue weighted by atomic mass is 10.2. The van der Waals surface area contributed by atoms with Crippen LogP contribution in [-0.4, -0.2) is 30.6 Å². The van der Waals surface area contributed by atoms with Gasteiger partial charge < -0.3 is 5.11 Å². The Morgan fingerprint density at radius 3 is 2.81 bits per heavy atom. The minimum atomic E-state index is -1.37. The molecular weight excluding hydrogens is 216 g/mol. The normalized spacial score (nSPS) is 10.6. The van der Waals surface area contributed by atoms with E-state index in [0.717, 1.165) is 6.07 Å². The molecule has 0 unspecified atom stereocenters. The lowest BCUT2D eigenvalue weighted by molar-refractivity contribution is -0.383. The first-order valence-electron chi connectivity index (χ1n) is 4.24. The summed E-state index contributed by atoms with van der Waals surface area (Å²) in [6.45, 7) is 1.62. The first-order valence-corrected chi connectivity index (χ1v) is 4.24. The molecule has 0 aromatic carbocycles. The van der Waals surface area contributed by atoms with E-state index in [4.69, 9.17) is 5.11 Å². The van der Waals surface area contributed by atoms with Gasteiger partial charge >= 0.3 is 11.7 Å². The maximum Gasteiger partial charge on any atom is 0.342 e. The van der Waals surface area contributed by atoms with Gasteiger partial charge in [-0.1, -0.05) is 0 Å². The van der Waals surface area contributed by atoms with E-state index in [1.807, 2.05) is 0 Å². The molecule has 0 aliphatic heterocycles. The second kappa shape index (κ2) is 3.26. The van der Waals surface area contributed by atoms with Gasteiger partial charge in [0.25, 0.3) is 0 Å². The number of carboxylic acid groups (broad SMARTS) is 1. The van der Waals surface area contributed by atoms with Crippen LogP contribution in [0, 0.1) is 17.0 Å². The predicted molar refractivity (Wildman–Crippen MR) is 51.3 cm³/mol. The van der Waals surface area contributed by atoms with Gasteiger partial charge in [-0.3, -0.25) is 14.5 Å². The molecule has 2 heterocycles. The number of carboxylic acids is 1. The van der Waals surface area contributed by atoms with E-state index in [1.54, 1.807) is 6.92 Å². The third-order valence-electron chi connectivity index (χ3n) is 2.14. The third-order valence-corrected chi connectivity index (χ3v) is 2.14. The van der Waals surface area contributed by atoms with E-state index in [1.165, 1.54) is 10.6 Å². The molecule has 0 fully saturated rings. The van der Waals surface area contributed by atoms with Crippen molar-refractivity contribution in [2.75, 3.05) is 0 Å². The van der Waals surface area contributed by atoms with Gasteiger partial charge in [0, 0.05) is 6.20 Å². The molecule has 0 saturated heterocycles. The summed E-state index contributed by atoms with van der Waals surface area (Å²) < 4.78 is 1.37. The molecule has 0 atom stereocenters. The van der Waals surface area contributed by atoms with E-state index in [2.05, 4.69) is 10.2 Å². The van der Waals surface area contributed by atoms with Crippen molar-refractivity contribution in [1.82, 2.24) is 14.6 Å². The maximum atomic E-state index is 10.8. The number of aromatic carboxylic acids is 1. The summed E-state index contributed by atoms with van der Waals surface area (Å²) in [6, 6.07) is 1.16. The highest BCUT2D eigenvalue weighted by atomic mass is 16.6. The zero-order chi connectivity index (χ0) is 11.9. The number of hydrogen-bond acceptors (Lipinski definition) is 5. The largest absolute Gasteiger partial charge is 0.477 e. The smallest absolute Gasteiger partial charge is 0.342 e. The van der Waals surface area contributed by atoms with Crippen molar-refractivity contribution in [1.29, 1.82) is 0 Å². The van der Waals surface area contributed by atoms with Crippen LogP contribution in [0.2, 0.25) is 0 Å². The third kappa shape index (κ3) is 1.28. The first kappa shape index (κ1) is 10.0. The van der Waals surface area contributed by atoms with E-state index < -0.39 is 22.1 Å². The Morgan fingerprint density at radius 1 is 1.56 bits per heavy atom. The number of nitrogens with zero attached hydrogens (tertiary/aromatic N) is 4. The molecule has 8 nitrogen and oxygen atoms in total. The van der Waals surface area contributed by atoms with Gasteiger partial charge in [0.1, 0.15) is 11.4 Å². The van der Waals surface area contributed by atoms with E-state index >= 15 is 0 Å². The zero-order valence-corrected chi connectivity index (χ0v) is 8.12. The second-order valence-corrected chi connectivity index (χ2v) is 3.08. The Kier molecular flexibility index (Phi) is 2.04. The molecule has 0 aliphatic carbocycles. The molecule has 8 heteroatoms. The molecule has 0 radical (unpaired) electrons. The molecule has 82 valence electrons. The standard InChI is InChI=1S/C8H6N4O4/c1-4-9-10-7-6(12(15)16)5(8(13)14)2-3-11(4)7/h2-3H,1H3,(H,13,14). The van der Waals surface area contributed by atoms with E-state index in [9.17, 15) is 14.9 Å². The minimum absolute atomic E-state index is 0.0672. The molecule has 0 bridgehead atoms. The Bertz CT molecular complexity index is 603. The number of aryl methyl sites for hydroxylation is 1. The van der Waals surface area contributed by atoms with Crippen LogP contribution < -0.4 is 0 Å². The summed E-state index contributed by atoms with van der Waals surface area (Å²) in [5.74, 6) is -0.912. The number of nitro groups is 1. The lowest BCUT2D eigenvalue weighted by Crippen LogP contribution is -2.05. The van der Waals surface area contributed by atoms with Crippen LogP contribution in [0.15, 0.2) is 12.3 Å². The highest BCUT2D eigenvalue weighted by molar-refractivity contribution is 5.95. The molecule has 2 rings (SSSR count). The van der Waals surface area contributed by atoms with Crippen molar-refractivity contribution in [3.05, 3.63) is 33.8 Å². The number of aromatic nitrogens is 3. The monoisotopic (exact) mass is 222 g/mol. The molecule has 1 N–H and O–H groups in total. The van der Waals surface area contributed by atoms with Crippen LogP contribution in [0.5, 0.6) is 0 Å². The molecule has 2 aromatic rings. The lowest BCUT2D eigenvalue weighted by Gasteiger charge is -1.99. The number of carbonyl (C=O) groups is 1. The molecule has 0 aliphatic rings. The van der Waals surface area contributed by atoms with Crippen LogP contribution >= 0.6 is 0 Å². The average molecular weight is 222 g/mol. The van der Waals surface area contributed by atoms with Crippen LogP contribution in [0.1, 0.15) is 16.2 Å². The molecule has 16 heavy (non-hydrogen) atoms. The average Bonchev–Trinajstić information content (AvgIpc) is 2.58. The Labute approximate surface area is 88.3 Å². The SMILES string of the molecule is Cc1nnc2c([N+](=O)[O-])c(C(=O)O)ccn12. The number of rotatable bonds is 2. The molecular formula is C8H6N4O4. The van der Waals surface area contributed by atoms with Gasteiger partial charge in [-0.2, -0.15) is 0 Å². The van der Waals surface area contributed by atoms with Gasteiger partial charge in [0.15, 0.2) is 0 Å². The van der Waals surface area contributed by atoms with Crippen LogP contribution in [0.3, 0.4) is 0 Å². The van der Waals surface area contributed by atoms with E-state index in [0.29, 0.717) is 5.82 Å². The number of pyridine rings is 1. The van der Waals surface area contributed by atoms with Gasteiger partial charge in [0.2, 0.25) is 5.65 Å². The van der Waals surface area contributed by atoms with Crippen molar-refractivity contribution in [2.45, 2.75) is 6.92 Å². The highest BCUT2D eigenvalue weighted by Crippen LogP contribution is 2.23. The van der Waals surface area contributed by atoms with Gasteiger partial charge in [-0.25, -0.2) is 4.79 Å². The summed E-state index contributed by atoms with van der Waals surface area (Å²) in [6.07, 6.45) is 1.39. The first-order chi connectivity index (χ1) is 7.52. The van der Waals surface area contributed by atoms with Crippen molar-refractivity contribution in [2.24, 2.45) is 0 Å². The Balaban J connectivity index is 2.90. The van der Waals surface area contributed by atoms with Crippen LogP contribution in [0.25, 0.3) is 5.65 Å². The van der Waals surface area contributed by atoms with Crippen molar-refractivity contribution < 1.29 is 14.8 Å². The van der Waals surface area contributed by atoms with Gasteiger partial charge in [0.05, 0.1) is 4.92 Å². The van der Waals surface area contributed by atoms with Crippen LogP contribution in [0.4, 0.5) is 5.69 Å². The molecule has 0 amide bonds. The topological polar surface area (TPSA) is 111 Å². The van der Waals surface area contributed by atoms with Crippen molar-refractivity contribution in [3.8, 4) is 0 Å². The molecule has 0 spiro atoms. The quantitative estimate of drug-likeness (QED) is 0.589. The Hall–Kier alpha value is -2.51. The molecule has 0 saturated carbocycles. The van der Waals surface area contributed by atoms with Gasteiger partial charge in [-0.15, -0.1) is 10.2 Å². The summed E-state index contributed by atoms with van der Waals surface area (Å²) >= 11 is 0. The van der Waals surface area contributed by atoms with Crippen molar-refractivity contribution in [3.63, 3.8) is 0 Å². The Morgan fingerprint density at radius 2 is 2.25 bits per heavy atom. The fraction of sp³-hybridized carbons (Fsp3) is 0.125. The van der Waals surface area contributed by atoms with Crippen LogP contribution in [-0.2, 0) is 0 Å². The van der Waals surface area contributed by atoms with E-state index in [-0.39, 0.29) is 5.65 Å². The predicted octanol–water partition coefficient (Wildman–Crippen LogP) is 0.644. The number of hydrogen-bond donors (Lipinski definition) is 1. The summed E-state index contributed by atoms with van der Waals surface area (Å²) in [5, 5.41) is 26.9. The zero-order valence-electron chi connectivity index (χ0n) is 8.12. The number of fused-ring (bicyclic) bond motifs is 1. The fourth-order valence-electron chi connectivity index (χ4n) is 1.41. The summed E-state index contributed by atoms with van der Waals surface area (Å²) in [4.78, 5) is 20.9. The second-order valence-electron chi connectivity index (χ2n) is 3.08. The van der Waals surface area contributed by atoms with Gasteiger partial charge in [-0.05, 0) is 13.0 Å². The van der Waals surface area contributed by atoms with Crippen molar-refractivity contribution >= 4 is 17.3 Å². The fourth-order valence-corrected chi connectivity index (χ4v) is 1.41. The minimum Gasteiger partial charge on any atom is -0.477 e. The maximum absolute atomic E-state index is 10.8.